The van der Waals surface area contributed by atoms with E-state index >= 15 is 0 Å². The number of amides is 1. The molecule has 0 saturated heterocycles. The number of nitrogens with zero attached hydrogens (tertiary/aromatic N) is 2. The molecule has 1 aromatic carbocycles. The lowest BCUT2D eigenvalue weighted by molar-refractivity contribution is 0.0995. The summed E-state index contributed by atoms with van der Waals surface area (Å²) >= 11 is 0. The van der Waals surface area contributed by atoms with E-state index in [2.05, 4.69) is 5.10 Å². The molecule has 0 spiro atoms. The predicted octanol–water partition coefficient (Wildman–Crippen LogP) is 0.603. The van der Waals surface area contributed by atoms with Crippen LogP contribution in [-0.2, 0) is 6.61 Å². The van der Waals surface area contributed by atoms with Gasteiger partial charge in [0.15, 0.2) is 0 Å². The Hall–Kier alpha value is -2.21. The molecule has 2 rings (SSSR count). The second-order valence-corrected chi connectivity index (χ2v) is 3.49. The number of primary amides is 1. The quantitative estimate of drug-likeness (QED) is 0.817. The lowest BCUT2D eigenvalue weighted by Gasteiger charge is -2.04. The van der Waals surface area contributed by atoms with Gasteiger partial charge in [0.1, 0.15) is 11.5 Å². The molecule has 0 aliphatic carbocycles. The zero-order valence-electron chi connectivity index (χ0n) is 8.80. The lowest BCUT2D eigenvalue weighted by atomic mass is 10.2. The van der Waals surface area contributed by atoms with E-state index in [1.165, 1.54) is 29.1 Å². The number of nitrogens with two attached hydrogens (primary N) is 1. The zero-order valence-corrected chi connectivity index (χ0v) is 8.80. The Morgan fingerprint density at radius 3 is 2.82 bits per heavy atom. The van der Waals surface area contributed by atoms with Crippen molar-refractivity contribution in [2.45, 2.75) is 6.61 Å². The molecular formula is C11H10FN3O2. The van der Waals surface area contributed by atoms with Gasteiger partial charge in [-0.1, -0.05) is 0 Å². The first-order valence-corrected chi connectivity index (χ1v) is 4.86. The highest BCUT2D eigenvalue weighted by Crippen LogP contribution is 2.13. The van der Waals surface area contributed by atoms with Crippen LogP contribution in [0.3, 0.4) is 0 Å². The van der Waals surface area contributed by atoms with Gasteiger partial charge in [0.25, 0.3) is 5.91 Å². The first-order valence-electron chi connectivity index (χ1n) is 4.86. The van der Waals surface area contributed by atoms with Crippen LogP contribution in [0.15, 0.2) is 30.5 Å². The van der Waals surface area contributed by atoms with Gasteiger partial charge in [-0.15, -0.1) is 0 Å². The minimum atomic E-state index is -0.650. The molecule has 5 nitrogen and oxygen atoms in total. The molecule has 17 heavy (non-hydrogen) atoms. The molecule has 0 bridgehead atoms. The fraction of sp³-hybridized carbons (Fsp3) is 0.0909. The van der Waals surface area contributed by atoms with Gasteiger partial charge in [-0.05, 0) is 29.8 Å². The molecule has 0 aliphatic heterocycles. The van der Waals surface area contributed by atoms with Crippen molar-refractivity contribution in [3.8, 4) is 5.69 Å². The molecule has 0 radical (unpaired) electrons. The van der Waals surface area contributed by atoms with E-state index in [-0.39, 0.29) is 12.3 Å². The van der Waals surface area contributed by atoms with E-state index in [9.17, 15) is 9.18 Å². The van der Waals surface area contributed by atoms with Gasteiger partial charge in [-0.3, -0.25) is 4.79 Å². The third-order valence-corrected chi connectivity index (χ3v) is 2.23. The molecule has 1 amide bonds. The summed E-state index contributed by atoms with van der Waals surface area (Å²) in [6.07, 6.45) is 1.50. The van der Waals surface area contributed by atoms with E-state index < -0.39 is 11.7 Å². The molecule has 0 saturated carbocycles. The smallest absolute Gasteiger partial charge is 0.269 e. The molecule has 2 aromatic rings. The van der Waals surface area contributed by atoms with Gasteiger partial charge in [-0.25, -0.2) is 9.07 Å². The van der Waals surface area contributed by atoms with Crippen LogP contribution in [0.1, 0.15) is 16.1 Å². The maximum absolute atomic E-state index is 13.2. The maximum atomic E-state index is 13.2. The molecule has 1 aromatic heterocycles. The topological polar surface area (TPSA) is 81.1 Å². The molecule has 0 fully saturated rings. The second-order valence-electron chi connectivity index (χ2n) is 3.49. The van der Waals surface area contributed by atoms with Gasteiger partial charge >= 0.3 is 0 Å². The summed E-state index contributed by atoms with van der Waals surface area (Å²) < 4.78 is 14.5. The largest absolute Gasteiger partial charge is 0.392 e. The van der Waals surface area contributed by atoms with Gasteiger partial charge in [0.2, 0.25) is 0 Å². The van der Waals surface area contributed by atoms with Crippen molar-refractivity contribution in [3.63, 3.8) is 0 Å². The molecule has 0 aliphatic rings. The summed E-state index contributed by atoms with van der Waals surface area (Å²) in [5.74, 6) is -1.13. The van der Waals surface area contributed by atoms with E-state index in [0.717, 1.165) is 0 Å². The van der Waals surface area contributed by atoms with Gasteiger partial charge in [-0.2, -0.15) is 5.10 Å². The van der Waals surface area contributed by atoms with Crippen molar-refractivity contribution in [2.24, 2.45) is 5.73 Å². The van der Waals surface area contributed by atoms with Crippen LogP contribution in [0.4, 0.5) is 4.39 Å². The van der Waals surface area contributed by atoms with Crippen LogP contribution >= 0.6 is 0 Å². The van der Waals surface area contributed by atoms with Gasteiger partial charge < -0.3 is 10.8 Å². The van der Waals surface area contributed by atoms with Gasteiger partial charge in [0.05, 0.1) is 12.3 Å². The summed E-state index contributed by atoms with van der Waals surface area (Å²) in [5, 5.41) is 12.8. The van der Waals surface area contributed by atoms with Crippen LogP contribution in [0.5, 0.6) is 0 Å². The number of aliphatic hydroxyl groups is 1. The Labute approximate surface area is 96.3 Å². The van der Waals surface area contributed by atoms with E-state index in [1.54, 1.807) is 6.07 Å². The Bertz CT molecular complexity index is 566. The highest BCUT2D eigenvalue weighted by molar-refractivity contribution is 5.90. The third-order valence-electron chi connectivity index (χ3n) is 2.23. The van der Waals surface area contributed by atoms with Crippen molar-refractivity contribution in [2.75, 3.05) is 0 Å². The maximum Gasteiger partial charge on any atom is 0.269 e. The standard InChI is InChI=1S/C11H10FN3O2/c12-8-3-7(6-16)4-9(5-8)15-2-1-10(14-15)11(13)17/h1-5,16H,6H2,(H2,13,17). The van der Waals surface area contributed by atoms with Crippen LogP contribution in [0.2, 0.25) is 0 Å². The molecule has 6 heteroatoms. The number of hydrogen-bond acceptors (Lipinski definition) is 3. The summed E-state index contributed by atoms with van der Waals surface area (Å²) in [4.78, 5) is 10.9. The molecule has 88 valence electrons. The van der Waals surface area contributed by atoms with Crippen LogP contribution in [-0.4, -0.2) is 20.8 Å². The van der Waals surface area contributed by atoms with Crippen molar-refractivity contribution in [3.05, 3.63) is 47.5 Å². The highest BCUT2D eigenvalue weighted by atomic mass is 19.1. The number of carbonyl (C=O) groups excluding carboxylic acids is 1. The normalized spacial score (nSPS) is 10.5. The summed E-state index contributed by atoms with van der Waals surface area (Å²) in [6.45, 7) is -0.269. The Morgan fingerprint density at radius 2 is 2.24 bits per heavy atom. The van der Waals surface area contributed by atoms with Crippen molar-refractivity contribution in [1.29, 1.82) is 0 Å². The summed E-state index contributed by atoms with van der Waals surface area (Å²) in [6, 6.07) is 5.48. The first kappa shape index (κ1) is 11.3. The molecule has 0 atom stereocenters. The molecular weight excluding hydrogens is 225 g/mol. The number of aromatic nitrogens is 2. The zero-order chi connectivity index (χ0) is 12.4. The highest BCUT2D eigenvalue weighted by Gasteiger charge is 2.07. The molecule has 0 unspecified atom stereocenters. The minimum absolute atomic E-state index is 0.0970. The number of halogens is 1. The first-order chi connectivity index (χ1) is 8.10. The van der Waals surface area contributed by atoms with Crippen molar-refractivity contribution in [1.82, 2.24) is 9.78 Å². The Balaban J connectivity index is 2.44. The number of aliphatic hydroxyl groups excluding tert-OH is 1. The predicted molar refractivity (Wildman–Crippen MR) is 58.0 cm³/mol. The van der Waals surface area contributed by atoms with Crippen LogP contribution in [0, 0.1) is 5.82 Å². The number of benzene rings is 1. The van der Waals surface area contributed by atoms with Crippen LogP contribution < -0.4 is 5.73 Å². The number of hydrogen-bond donors (Lipinski definition) is 2. The summed E-state index contributed by atoms with van der Waals surface area (Å²) in [5.41, 5.74) is 6.00. The van der Waals surface area contributed by atoms with E-state index in [4.69, 9.17) is 10.8 Å². The Morgan fingerprint density at radius 1 is 1.47 bits per heavy atom. The summed E-state index contributed by atoms with van der Waals surface area (Å²) in [7, 11) is 0. The van der Waals surface area contributed by atoms with Gasteiger partial charge in [0, 0.05) is 6.20 Å². The fourth-order valence-corrected chi connectivity index (χ4v) is 1.46. The number of carbonyl (C=O) groups is 1. The van der Waals surface area contributed by atoms with Crippen molar-refractivity contribution >= 4 is 5.91 Å². The van der Waals surface area contributed by atoms with E-state index in [0.29, 0.717) is 11.3 Å². The average Bonchev–Trinajstić information content (AvgIpc) is 2.77. The third kappa shape index (κ3) is 2.31. The average molecular weight is 235 g/mol. The fourth-order valence-electron chi connectivity index (χ4n) is 1.46. The molecule has 3 N–H and O–H groups in total. The number of rotatable bonds is 3. The second kappa shape index (κ2) is 4.34. The molecule has 1 heterocycles. The monoisotopic (exact) mass is 235 g/mol. The lowest BCUT2D eigenvalue weighted by Crippen LogP contribution is -2.12. The van der Waals surface area contributed by atoms with Crippen molar-refractivity contribution < 1.29 is 14.3 Å². The SMILES string of the molecule is NC(=O)c1ccn(-c2cc(F)cc(CO)c2)n1. The Kier molecular flexibility index (Phi) is 2.88. The van der Waals surface area contributed by atoms with Crippen LogP contribution in [0.25, 0.3) is 5.69 Å². The minimum Gasteiger partial charge on any atom is -0.392 e. The van der Waals surface area contributed by atoms with E-state index in [1.807, 2.05) is 0 Å².